The molecular formula is C85H103N13O17S2. The number of hydrazine groups is 1. The maximum absolute atomic E-state index is 15.3. The van der Waals surface area contributed by atoms with E-state index in [-0.39, 0.29) is 66.0 Å². The lowest BCUT2D eigenvalue weighted by atomic mass is 9.47. The van der Waals surface area contributed by atoms with Crippen LogP contribution in [0.15, 0.2) is 83.3 Å². The van der Waals surface area contributed by atoms with Crippen LogP contribution in [0.5, 0.6) is 5.75 Å². The number of likely N-dealkylation sites (N-methyl/N-ethyl adjacent to an activating group) is 1. The summed E-state index contributed by atoms with van der Waals surface area (Å²) in [5.74, 6) is -5.49. The number of aliphatic hydroxyl groups excluding tert-OH is 1. The quantitative estimate of drug-likeness (QED) is 0.00557. The number of nitrogens with one attached hydrogen (secondary N) is 6. The van der Waals surface area contributed by atoms with Crippen LogP contribution in [0.1, 0.15) is 156 Å². The number of H-pyrrole nitrogens is 2. The molecule has 1 saturated carbocycles. The normalized spacial score (nSPS) is 25.6. The second-order valence-corrected chi connectivity index (χ2v) is 35.2. The molecule has 3 aromatic carbocycles. The minimum Gasteiger partial charge on any atom is -0.496 e. The maximum atomic E-state index is 15.3. The Morgan fingerprint density at radius 2 is 1.56 bits per heavy atom. The fraction of sp³-hybridized carbons (Fsp3) is 0.518. The highest BCUT2D eigenvalue weighted by Gasteiger charge is 2.79. The number of carbonyl (C=O) groups is 9. The standard InChI is InChI=1S/C85H103N13O17S2/c1-10-16-60(89-67(102)27-25-52(73(105)106)35-63(99)51-23-20-49(21-24-51)22-26-54-42-87-70-68(88-54)72(104)93-79(86)92-70)64(100)34-48(6)71(103)91-61(17-11-2)65(101)36-53(74(107)108)45-117-116-33-32-115-80(111)95-94-78(110)85(113)76-84(29-31-98-43-47(5)39-83(13-4,75(84)98)77(85)109)57-37-58(66(114-9)38-62(57)96(76)8)81(7)40-50-41-82(112,12-3)46-97(44-50)30-28-56-55-18-14-15-19-59(55)90-69(56)81/h1-2,14-15,18-21,23-24,37-39,42,48,50,52-53,60-61,75-77,90,109,112-113H,12-13,16-17,22,25-36,40-41,43-46H2,3-9H3,(H,89,102)(H,91,103)(H,94,110)(H,95,111)(H,105,106)(H,107,108)(H3,86,87,92,93,104)/t48-,50+,52-,53+,60+,61+,75+,76-,77-,81-,82?,83-,84-,85+/m1/s1. The molecule has 2 unspecified atom stereocenters. The molecule has 30 nitrogen and oxygen atoms in total. The van der Waals surface area contributed by atoms with Gasteiger partial charge >= 0.3 is 18.0 Å². The van der Waals surface area contributed by atoms with Crippen molar-refractivity contribution in [2.75, 3.05) is 75.6 Å². The number of methoxy groups -OCH3 is 1. The Balaban J connectivity index is 0.623. The molecule has 3 fully saturated rings. The molecule has 8 heterocycles. The molecule has 3 aromatic heterocycles. The summed E-state index contributed by atoms with van der Waals surface area (Å²) in [5.41, 5.74) is 12.0. The third kappa shape index (κ3) is 17.3. The minimum atomic E-state index is -2.58. The highest BCUT2D eigenvalue weighted by molar-refractivity contribution is 8.76. The number of fused-ring (bicyclic) bond motifs is 7. The first-order chi connectivity index (χ1) is 55.8. The molecule has 6 aromatic rings. The summed E-state index contributed by atoms with van der Waals surface area (Å²) in [6.45, 7) is 12.8. The van der Waals surface area contributed by atoms with Crippen LogP contribution in [0.25, 0.3) is 22.1 Å². The van der Waals surface area contributed by atoms with E-state index in [9.17, 15) is 68.7 Å². The summed E-state index contributed by atoms with van der Waals surface area (Å²) in [7, 11) is 5.68. The molecule has 2 bridgehead atoms. The molecule has 622 valence electrons. The number of benzene rings is 3. The number of terminal acetylenes is 2. The Morgan fingerprint density at radius 1 is 0.846 bits per heavy atom. The van der Waals surface area contributed by atoms with Gasteiger partial charge in [0.25, 0.3) is 11.5 Å². The number of aromatic amines is 2. The highest BCUT2D eigenvalue weighted by Crippen LogP contribution is 2.68. The summed E-state index contributed by atoms with van der Waals surface area (Å²) < 4.78 is 11.9. The smallest absolute Gasteiger partial charge is 0.426 e. The number of hydrogen-bond donors (Lipinski definition) is 12. The first-order valence-corrected chi connectivity index (χ1v) is 42.2. The van der Waals surface area contributed by atoms with Gasteiger partial charge < -0.3 is 61.3 Å². The fourth-order valence-corrected chi connectivity index (χ4v) is 21.6. The summed E-state index contributed by atoms with van der Waals surface area (Å²) in [4.78, 5) is 159. The molecule has 32 heteroatoms. The number of nitrogens with two attached hydrogens (primary N) is 1. The molecule has 1 spiro atoms. The van der Waals surface area contributed by atoms with Crippen molar-refractivity contribution in [2.45, 2.75) is 183 Å². The number of hydrogen-bond acceptors (Lipinski definition) is 24. The van der Waals surface area contributed by atoms with E-state index >= 15 is 4.79 Å². The number of Topliss-reactive ketones (excluding diaryl/α,β-unsaturated/α-hetero) is 3. The predicted molar refractivity (Wildman–Crippen MR) is 441 cm³/mol. The van der Waals surface area contributed by atoms with Gasteiger partial charge in [-0.05, 0) is 113 Å². The lowest BCUT2D eigenvalue weighted by molar-refractivity contribution is -0.204. The Kier molecular flexibility index (Phi) is 26.2. The summed E-state index contributed by atoms with van der Waals surface area (Å²) in [6, 6.07) is 15.0. The number of carboxylic acid groups (broad SMARTS) is 2. The average Bonchev–Trinajstić information content (AvgIpc) is 1.49. The number of piperidine rings is 1. The van der Waals surface area contributed by atoms with Crippen molar-refractivity contribution in [2.24, 2.45) is 29.1 Å². The number of para-hydroxylation sites is 1. The zero-order valence-corrected chi connectivity index (χ0v) is 68.4. The van der Waals surface area contributed by atoms with E-state index in [0.717, 1.165) is 85.6 Å². The van der Waals surface area contributed by atoms with E-state index in [2.05, 4.69) is 99.2 Å². The Hall–Kier alpha value is -10.2. The van der Waals surface area contributed by atoms with Crippen LogP contribution in [0.2, 0.25) is 0 Å². The molecule has 6 aliphatic rings. The summed E-state index contributed by atoms with van der Waals surface area (Å²) >= 11 is 0. The van der Waals surface area contributed by atoms with Gasteiger partial charge in [-0.25, -0.2) is 20.2 Å². The lowest BCUT2D eigenvalue weighted by Gasteiger charge is -2.63. The third-order valence-corrected chi connectivity index (χ3v) is 27.5. The molecule has 0 radical (unpaired) electrons. The number of aromatic nitrogens is 5. The van der Waals surface area contributed by atoms with E-state index in [0.29, 0.717) is 76.0 Å². The fourth-order valence-electron chi connectivity index (χ4n) is 19.5. The van der Waals surface area contributed by atoms with Crippen LogP contribution in [0.3, 0.4) is 0 Å². The van der Waals surface area contributed by atoms with Crippen molar-refractivity contribution in [3.63, 3.8) is 0 Å². The van der Waals surface area contributed by atoms with Crippen LogP contribution in [-0.2, 0) is 68.4 Å². The number of ketones is 3. The molecule has 13 N–H and O–H groups in total. The number of rotatable bonds is 33. The highest BCUT2D eigenvalue weighted by atomic mass is 33.1. The van der Waals surface area contributed by atoms with Crippen molar-refractivity contribution in [3.05, 3.63) is 128 Å². The Labute approximate surface area is 685 Å². The van der Waals surface area contributed by atoms with Gasteiger partial charge in [-0.3, -0.25) is 63.4 Å². The van der Waals surface area contributed by atoms with Crippen LogP contribution in [-0.4, -0.2) is 220 Å². The van der Waals surface area contributed by atoms with E-state index < -0.39 is 160 Å². The maximum Gasteiger partial charge on any atom is 0.426 e. The SMILES string of the molecule is C#CC[C@H](NC(=O)CC[C@H](CC(=O)c1ccc(CCc2cnc3nc(N)[nH]c(=O)c3n2)cc1)C(=O)O)C(=O)C[C@@H](C)C(=O)N[C@@H](CC#C)C(=O)C[C@@H](CSSCCOC(=O)NNC(=O)[C@@]1(O)[C@H](O)[C@]2(CC)C=C(C)CN3CC[C@@]4(c5cc([C@@]6(C)C[C@@H]7CN(CCc8c6[nH]c6ccccc86)CC(O)(CC)C7)c(OC)cc5N(C)[C@@H]14)[C@@H]32)C(=O)O. The van der Waals surface area contributed by atoms with Crippen LogP contribution in [0, 0.1) is 53.8 Å². The predicted octanol–water partition coefficient (Wildman–Crippen LogP) is 6.04. The summed E-state index contributed by atoms with van der Waals surface area (Å²) in [5, 5.41) is 65.4. The Morgan fingerprint density at radius 3 is 2.26 bits per heavy atom. The average molecular weight is 1640 g/mol. The molecule has 117 heavy (non-hydrogen) atoms. The number of anilines is 2. The number of ether oxygens (including phenoxy) is 2. The van der Waals surface area contributed by atoms with Gasteiger partial charge in [0, 0.05) is 151 Å². The zero-order valence-electron chi connectivity index (χ0n) is 66.8. The molecular weight excluding hydrogens is 1540 g/mol. The lowest BCUT2D eigenvalue weighted by Crippen LogP contribution is -2.82. The van der Waals surface area contributed by atoms with E-state index in [1.807, 2.05) is 50.9 Å². The van der Waals surface area contributed by atoms with Gasteiger partial charge in [0.2, 0.25) is 17.8 Å². The molecule has 4 amide bonds. The number of carboxylic acids is 2. The van der Waals surface area contributed by atoms with Crippen molar-refractivity contribution in [3.8, 4) is 30.4 Å². The number of aliphatic hydroxyl groups is 3. The minimum absolute atomic E-state index is 0.0409. The van der Waals surface area contributed by atoms with Gasteiger partial charge in [0.15, 0.2) is 34.1 Å². The topological polar surface area (TPSA) is 444 Å². The van der Waals surface area contributed by atoms with Crippen molar-refractivity contribution >= 4 is 108 Å². The van der Waals surface area contributed by atoms with Crippen molar-refractivity contribution < 1.29 is 78.2 Å². The number of nitrogen functional groups attached to an aromatic ring is 1. The van der Waals surface area contributed by atoms with E-state index in [4.69, 9.17) is 28.1 Å². The molecule has 1 aliphatic carbocycles. The monoisotopic (exact) mass is 1640 g/mol. The number of aliphatic carboxylic acids is 2. The zero-order chi connectivity index (χ0) is 84.2. The third-order valence-electron chi connectivity index (χ3n) is 25.0. The number of aryl methyl sites for hydroxylation is 2. The van der Waals surface area contributed by atoms with Crippen LogP contribution in [0.4, 0.5) is 16.4 Å². The number of nitrogens with zero attached hydrogens (tertiary/aromatic N) is 6. The first kappa shape index (κ1) is 86.2. The van der Waals surface area contributed by atoms with Gasteiger partial charge in [0.1, 0.15) is 18.5 Å². The molecule has 2 saturated heterocycles. The molecule has 12 rings (SSSR count). The summed E-state index contributed by atoms with van der Waals surface area (Å²) in [6.07, 6.45) is 13.5. The van der Waals surface area contributed by atoms with Gasteiger partial charge in [-0.15, -0.1) is 24.7 Å². The van der Waals surface area contributed by atoms with Crippen LogP contribution >= 0.6 is 21.6 Å². The van der Waals surface area contributed by atoms with Crippen molar-refractivity contribution in [1.82, 2.24) is 56.2 Å². The number of amides is 4. The largest absolute Gasteiger partial charge is 0.496 e. The first-order valence-electron chi connectivity index (χ1n) is 39.7. The number of carbonyl (C=O) groups excluding carboxylic acids is 7. The van der Waals surface area contributed by atoms with E-state index in [1.165, 1.54) is 18.7 Å². The van der Waals surface area contributed by atoms with Crippen LogP contribution < -0.4 is 42.4 Å². The molecule has 5 aliphatic heterocycles. The molecule has 15 atom stereocenters. The van der Waals surface area contributed by atoms with Gasteiger partial charge in [-0.1, -0.05) is 96.5 Å². The van der Waals surface area contributed by atoms with Gasteiger partial charge in [0.05, 0.1) is 54.6 Å². The second kappa shape index (κ2) is 35.6. The van der Waals surface area contributed by atoms with E-state index in [1.54, 1.807) is 31.4 Å². The van der Waals surface area contributed by atoms with Gasteiger partial charge in [-0.2, -0.15) is 4.98 Å². The van der Waals surface area contributed by atoms with Crippen molar-refractivity contribution in [1.29, 1.82) is 0 Å². The second-order valence-electron chi connectivity index (χ2n) is 32.6. The Bertz CT molecular complexity index is 5040.